The van der Waals surface area contributed by atoms with Gasteiger partial charge in [0.05, 0.1) is 16.7 Å². The fourth-order valence-corrected chi connectivity index (χ4v) is 2.98. The van der Waals surface area contributed by atoms with Crippen LogP contribution in [0.3, 0.4) is 0 Å². The second-order valence-corrected chi connectivity index (χ2v) is 7.76. The van der Waals surface area contributed by atoms with Gasteiger partial charge in [0.15, 0.2) is 6.61 Å². The quantitative estimate of drug-likeness (QED) is 0.147. The number of nitrogens with one attached hydrogen (secondary N) is 1. The van der Waals surface area contributed by atoms with Crippen molar-refractivity contribution in [3.8, 4) is 11.5 Å². The molecule has 1 amide bonds. The highest BCUT2D eigenvalue weighted by atomic mass is 79.9. The van der Waals surface area contributed by atoms with Gasteiger partial charge in [0.2, 0.25) is 0 Å². The van der Waals surface area contributed by atoms with Crippen molar-refractivity contribution in [1.82, 2.24) is 5.43 Å². The zero-order valence-electron chi connectivity index (χ0n) is 16.7. The van der Waals surface area contributed by atoms with Crippen molar-refractivity contribution in [2.45, 2.75) is 0 Å². The Labute approximate surface area is 201 Å². The summed E-state index contributed by atoms with van der Waals surface area (Å²) in [4.78, 5) is 34.5. The zero-order valence-corrected chi connectivity index (χ0v) is 19.1. The Bertz CT molecular complexity index is 1200. The first-order chi connectivity index (χ1) is 15.8. The van der Waals surface area contributed by atoms with Crippen molar-refractivity contribution in [2.24, 2.45) is 5.10 Å². The second-order valence-electron chi connectivity index (χ2n) is 6.41. The molecule has 3 rings (SSSR count). The lowest BCUT2D eigenvalue weighted by Gasteiger charge is -2.08. The van der Waals surface area contributed by atoms with Gasteiger partial charge in [-0.15, -0.1) is 0 Å². The molecule has 0 spiro atoms. The van der Waals surface area contributed by atoms with E-state index in [4.69, 9.17) is 21.1 Å². The molecule has 0 radical (unpaired) electrons. The predicted molar refractivity (Wildman–Crippen MR) is 125 cm³/mol. The highest BCUT2D eigenvalue weighted by Gasteiger charge is 2.14. The van der Waals surface area contributed by atoms with Crippen molar-refractivity contribution in [3.63, 3.8) is 0 Å². The summed E-state index contributed by atoms with van der Waals surface area (Å²) >= 11 is 9.12. The maximum Gasteiger partial charge on any atom is 0.343 e. The second kappa shape index (κ2) is 11.2. The topological polar surface area (TPSA) is 120 Å². The number of rotatable bonds is 8. The van der Waals surface area contributed by atoms with Crippen LogP contribution in [0.4, 0.5) is 5.69 Å². The number of hydrazone groups is 1. The molecule has 0 aliphatic carbocycles. The van der Waals surface area contributed by atoms with Gasteiger partial charge in [0.25, 0.3) is 11.6 Å². The molecular weight excluding hydrogens is 518 g/mol. The van der Waals surface area contributed by atoms with Crippen molar-refractivity contribution in [3.05, 3.63) is 97.5 Å². The first-order valence-corrected chi connectivity index (χ1v) is 10.5. The number of esters is 1. The van der Waals surface area contributed by atoms with Crippen molar-refractivity contribution in [2.75, 3.05) is 6.61 Å². The minimum absolute atomic E-state index is 0.138. The van der Waals surface area contributed by atoms with Gasteiger partial charge in [-0.25, -0.2) is 10.2 Å². The van der Waals surface area contributed by atoms with E-state index in [1.807, 2.05) is 0 Å². The third-order valence-electron chi connectivity index (χ3n) is 4.06. The van der Waals surface area contributed by atoms with Crippen LogP contribution < -0.4 is 14.9 Å². The molecule has 0 bridgehead atoms. The van der Waals surface area contributed by atoms with E-state index in [1.54, 1.807) is 42.5 Å². The fraction of sp³-hybridized carbons (Fsp3) is 0.0455. The maximum atomic E-state index is 12.4. The number of nitro groups is 1. The molecule has 0 saturated carbocycles. The third kappa shape index (κ3) is 7.13. The molecule has 0 saturated heterocycles. The maximum absolute atomic E-state index is 12.4. The van der Waals surface area contributed by atoms with Crippen LogP contribution in [-0.2, 0) is 4.79 Å². The summed E-state index contributed by atoms with van der Waals surface area (Å²) in [6.45, 7) is -0.264. The summed E-state index contributed by atoms with van der Waals surface area (Å²) in [7, 11) is 0. The lowest BCUT2D eigenvalue weighted by atomic mass is 10.2. The first-order valence-electron chi connectivity index (χ1n) is 9.28. The highest BCUT2D eigenvalue weighted by Crippen LogP contribution is 2.23. The summed E-state index contributed by atoms with van der Waals surface area (Å²) in [5, 5.41) is 15.2. The van der Waals surface area contributed by atoms with Gasteiger partial charge in [-0.2, -0.15) is 5.10 Å². The van der Waals surface area contributed by atoms with Crippen LogP contribution in [0.2, 0.25) is 5.02 Å². The third-order valence-corrected chi connectivity index (χ3v) is 4.81. The minimum Gasteiger partial charge on any atom is -0.484 e. The molecule has 3 aromatic rings. The molecule has 0 unspecified atom stereocenters. The molecule has 3 aromatic carbocycles. The Morgan fingerprint density at radius 3 is 2.45 bits per heavy atom. The molecular formula is C22H15BrClN3O6. The van der Waals surface area contributed by atoms with Gasteiger partial charge in [-0.1, -0.05) is 27.5 Å². The molecule has 0 aliphatic rings. The number of nitrogens with zero attached hydrogens (tertiary/aromatic N) is 2. The van der Waals surface area contributed by atoms with E-state index in [1.165, 1.54) is 30.5 Å². The standard InChI is InChI=1S/C22H15BrClN3O6/c23-16-3-10-20(33-22(29)14-1-6-18(7-2-14)27(30)31)15(11-16)12-25-26-21(28)13-32-19-8-4-17(24)5-9-19/h1-12H,13H2,(H,26,28)/b25-12-. The van der Waals surface area contributed by atoms with Gasteiger partial charge in [0.1, 0.15) is 11.5 Å². The molecule has 33 heavy (non-hydrogen) atoms. The van der Waals surface area contributed by atoms with Gasteiger partial charge in [-0.3, -0.25) is 14.9 Å². The van der Waals surface area contributed by atoms with Gasteiger partial charge < -0.3 is 9.47 Å². The van der Waals surface area contributed by atoms with E-state index in [2.05, 4.69) is 26.5 Å². The monoisotopic (exact) mass is 531 g/mol. The van der Waals surface area contributed by atoms with Crippen LogP contribution in [0.25, 0.3) is 0 Å². The lowest BCUT2D eigenvalue weighted by molar-refractivity contribution is -0.384. The summed E-state index contributed by atoms with van der Waals surface area (Å²) < 4.78 is 11.4. The Kier molecular flexibility index (Phi) is 8.11. The SMILES string of the molecule is O=C(COc1ccc(Cl)cc1)N/N=C\c1cc(Br)ccc1OC(=O)c1ccc([N+](=O)[O-])cc1. The molecule has 1 N–H and O–H groups in total. The normalized spacial score (nSPS) is 10.6. The number of hydrogen-bond donors (Lipinski definition) is 1. The molecule has 0 atom stereocenters. The predicted octanol–water partition coefficient (Wildman–Crippen LogP) is 4.76. The van der Waals surface area contributed by atoms with Crippen LogP contribution in [0.15, 0.2) is 76.3 Å². The lowest BCUT2D eigenvalue weighted by Crippen LogP contribution is -2.24. The minimum atomic E-state index is -0.706. The van der Waals surface area contributed by atoms with E-state index >= 15 is 0 Å². The molecule has 0 aromatic heterocycles. The number of amides is 1. The molecule has 0 heterocycles. The van der Waals surface area contributed by atoms with E-state index in [-0.39, 0.29) is 23.6 Å². The van der Waals surface area contributed by atoms with E-state index < -0.39 is 16.8 Å². The molecule has 11 heteroatoms. The van der Waals surface area contributed by atoms with Crippen molar-refractivity contribution >= 4 is 51.3 Å². The fourth-order valence-electron chi connectivity index (χ4n) is 2.48. The average molecular weight is 533 g/mol. The van der Waals surface area contributed by atoms with Crippen LogP contribution in [-0.4, -0.2) is 29.6 Å². The highest BCUT2D eigenvalue weighted by molar-refractivity contribution is 9.10. The smallest absolute Gasteiger partial charge is 0.343 e. The summed E-state index contributed by atoms with van der Waals surface area (Å²) in [5.41, 5.74) is 2.72. The first kappa shape index (κ1) is 23.9. The molecule has 9 nitrogen and oxygen atoms in total. The van der Waals surface area contributed by atoms with Crippen LogP contribution in [0.1, 0.15) is 15.9 Å². The summed E-state index contributed by atoms with van der Waals surface area (Å²) in [6, 6.07) is 16.4. The van der Waals surface area contributed by atoms with Crippen LogP contribution in [0.5, 0.6) is 11.5 Å². The van der Waals surface area contributed by atoms with E-state index in [9.17, 15) is 19.7 Å². The van der Waals surface area contributed by atoms with Crippen LogP contribution in [0, 0.1) is 10.1 Å². The number of carbonyl (C=O) groups excluding carboxylic acids is 2. The van der Waals surface area contributed by atoms with E-state index in [0.29, 0.717) is 20.8 Å². The Hall–Kier alpha value is -3.76. The Morgan fingerprint density at radius 2 is 1.79 bits per heavy atom. The molecule has 168 valence electrons. The zero-order chi connectivity index (χ0) is 23.8. The largest absolute Gasteiger partial charge is 0.484 e. The number of nitro benzene ring substituents is 1. The van der Waals surface area contributed by atoms with Crippen LogP contribution >= 0.6 is 27.5 Å². The number of non-ortho nitro benzene ring substituents is 1. The van der Waals surface area contributed by atoms with E-state index in [0.717, 1.165) is 0 Å². The van der Waals surface area contributed by atoms with Crippen molar-refractivity contribution < 1.29 is 24.0 Å². The summed E-state index contributed by atoms with van der Waals surface area (Å²) in [5.74, 6) is -0.550. The Morgan fingerprint density at radius 1 is 1.09 bits per heavy atom. The molecule has 0 fully saturated rings. The van der Waals surface area contributed by atoms with Gasteiger partial charge >= 0.3 is 5.97 Å². The number of benzene rings is 3. The average Bonchev–Trinajstić information content (AvgIpc) is 2.80. The number of hydrogen-bond acceptors (Lipinski definition) is 7. The molecule has 0 aliphatic heterocycles. The Balaban J connectivity index is 1.62. The summed E-state index contributed by atoms with van der Waals surface area (Å²) in [6.07, 6.45) is 1.31. The number of halogens is 2. The number of ether oxygens (including phenoxy) is 2. The van der Waals surface area contributed by atoms with Gasteiger partial charge in [0, 0.05) is 27.2 Å². The van der Waals surface area contributed by atoms with Crippen molar-refractivity contribution in [1.29, 1.82) is 0 Å². The van der Waals surface area contributed by atoms with Gasteiger partial charge in [-0.05, 0) is 54.6 Å². The number of carbonyl (C=O) groups is 2.